The molecule has 0 amide bonds. The summed E-state index contributed by atoms with van der Waals surface area (Å²) in [6, 6.07) is 9.59. The van der Waals surface area contributed by atoms with Gasteiger partial charge in [-0.25, -0.2) is 0 Å². The van der Waals surface area contributed by atoms with Crippen LogP contribution in [0.25, 0.3) is 0 Å². The molecular formula is C10H12NO. The van der Waals surface area contributed by atoms with Gasteiger partial charge in [-0.15, -0.1) is 0 Å². The Labute approximate surface area is 72.6 Å². The molecule has 1 rings (SSSR count). The first-order valence-electron chi connectivity index (χ1n) is 3.88. The lowest BCUT2D eigenvalue weighted by molar-refractivity contribution is -0.108. The maximum absolute atomic E-state index is 10.2. The van der Waals surface area contributed by atoms with E-state index in [9.17, 15) is 4.79 Å². The molecule has 1 unspecified atom stereocenters. The number of rotatable bonds is 4. The summed E-state index contributed by atoms with van der Waals surface area (Å²) in [5.74, 6) is 0. The second-order valence-electron chi connectivity index (χ2n) is 2.61. The minimum absolute atomic E-state index is 0.315. The van der Waals surface area contributed by atoms with E-state index in [4.69, 9.17) is 0 Å². The molecule has 0 spiro atoms. The summed E-state index contributed by atoms with van der Waals surface area (Å²) < 4.78 is 0. The van der Waals surface area contributed by atoms with Crippen molar-refractivity contribution in [2.45, 2.75) is 12.6 Å². The fourth-order valence-electron chi connectivity index (χ4n) is 0.893. The molecule has 1 N–H and O–H groups in total. The zero-order valence-electron chi connectivity index (χ0n) is 6.86. The summed E-state index contributed by atoms with van der Waals surface area (Å²) in [5.41, 5.74) is 1.16. The summed E-state index contributed by atoms with van der Waals surface area (Å²) in [6.07, 6.45) is 0.795. The fraction of sp³-hybridized carbons (Fsp3) is 0.200. The molecule has 0 aromatic heterocycles. The van der Waals surface area contributed by atoms with Crippen LogP contribution in [0.2, 0.25) is 0 Å². The highest BCUT2D eigenvalue weighted by Crippen LogP contribution is 1.97. The number of aldehydes is 1. The van der Waals surface area contributed by atoms with E-state index < -0.39 is 0 Å². The number of nitrogens with one attached hydrogen (secondary N) is 1. The topological polar surface area (TPSA) is 29.1 Å². The van der Waals surface area contributed by atoms with Crippen molar-refractivity contribution in [1.82, 2.24) is 5.32 Å². The van der Waals surface area contributed by atoms with Gasteiger partial charge in [0.1, 0.15) is 6.29 Å². The van der Waals surface area contributed by atoms with Gasteiger partial charge in [0, 0.05) is 6.54 Å². The van der Waals surface area contributed by atoms with Crippen LogP contribution in [-0.2, 0) is 11.3 Å². The highest BCUT2D eigenvalue weighted by atomic mass is 16.1. The Hall–Kier alpha value is -1.15. The van der Waals surface area contributed by atoms with Crippen molar-refractivity contribution in [3.8, 4) is 0 Å². The highest BCUT2D eigenvalue weighted by Gasteiger charge is 1.96. The summed E-state index contributed by atoms with van der Waals surface area (Å²) in [6.45, 7) is 4.28. The number of hydrogen-bond donors (Lipinski definition) is 1. The Morgan fingerprint density at radius 2 is 2.08 bits per heavy atom. The average Bonchev–Trinajstić information content (AvgIpc) is 2.16. The zero-order chi connectivity index (χ0) is 8.81. The fourth-order valence-corrected chi connectivity index (χ4v) is 0.893. The highest BCUT2D eigenvalue weighted by molar-refractivity contribution is 5.58. The van der Waals surface area contributed by atoms with E-state index in [1.165, 1.54) is 0 Å². The van der Waals surface area contributed by atoms with Crippen molar-refractivity contribution in [3.05, 3.63) is 42.8 Å². The van der Waals surface area contributed by atoms with Gasteiger partial charge in [0.15, 0.2) is 0 Å². The molecule has 63 valence electrons. The van der Waals surface area contributed by atoms with Gasteiger partial charge in [-0.2, -0.15) is 0 Å². The van der Waals surface area contributed by atoms with Gasteiger partial charge in [0.25, 0.3) is 0 Å². The van der Waals surface area contributed by atoms with Crippen LogP contribution in [0.5, 0.6) is 0 Å². The monoisotopic (exact) mass is 162 g/mol. The predicted octanol–water partition coefficient (Wildman–Crippen LogP) is 1.18. The number of hydrogen-bond acceptors (Lipinski definition) is 2. The number of carbonyl (C=O) groups excluding carboxylic acids is 1. The maximum atomic E-state index is 10.2. The third-order valence-corrected chi connectivity index (χ3v) is 1.58. The van der Waals surface area contributed by atoms with Gasteiger partial charge in [0.05, 0.1) is 6.04 Å². The Bertz CT molecular complexity index is 233. The molecule has 2 nitrogen and oxygen atoms in total. The van der Waals surface area contributed by atoms with Crippen molar-refractivity contribution in [2.24, 2.45) is 0 Å². The van der Waals surface area contributed by atoms with Crippen LogP contribution in [0, 0.1) is 6.92 Å². The normalized spacial score (nSPS) is 12.4. The van der Waals surface area contributed by atoms with E-state index in [0.717, 1.165) is 11.8 Å². The standard InChI is InChI=1S/C10H12NO/c1-9(8-12)11-7-10-5-3-2-4-6-10/h2-6,8-9,11H,1,7H2. The third-order valence-electron chi connectivity index (χ3n) is 1.58. The molecule has 0 aliphatic heterocycles. The Kier molecular flexibility index (Phi) is 3.48. The maximum Gasteiger partial charge on any atom is 0.136 e. The summed E-state index contributed by atoms with van der Waals surface area (Å²) in [5, 5.41) is 2.97. The lowest BCUT2D eigenvalue weighted by Gasteiger charge is -2.05. The Balaban J connectivity index is 2.38. The number of benzene rings is 1. The number of carbonyl (C=O) groups is 1. The molecular weight excluding hydrogens is 150 g/mol. The van der Waals surface area contributed by atoms with Gasteiger partial charge in [-0.05, 0) is 12.5 Å². The van der Waals surface area contributed by atoms with Crippen LogP contribution in [-0.4, -0.2) is 12.3 Å². The van der Waals surface area contributed by atoms with Gasteiger partial charge >= 0.3 is 0 Å². The van der Waals surface area contributed by atoms with E-state index >= 15 is 0 Å². The zero-order valence-corrected chi connectivity index (χ0v) is 6.86. The first-order valence-corrected chi connectivity index (χ1v) is 3.88. The molecule has 0 saturated carbocycles. The van der Waals surface area contributed by atoms with Crippen molar-refractivity contribution in [3.63, 3.8) is 0 Å². The van der Waals surface area contributed by atoms with Crippen LogP contribution in [0.1, 0.15) is 5.56 Å². The van der Waals surface area contributed by atoms with Gasteiger partial charge in [0.2, 0.25) is 0 Å². The van der Waals surface area contributed by atoms with E-state index in [0.29, 0.717) is 6.54 Å². The van der Waals surface area contributed by atoms with E-state index in [-0.39, 0.29) is 6.04 Å². The van der Waals surface area contributed by atoms with Crippen LogP contribution < -0.4 is 5.32 Å². The van der Waals surface area contributed by atoms with Crippen molar-refractivity contribution in [2.75, 3.05) is 0 Å². The van der Waals surface area contributed by atoms with Crippen LogP contribution in [0.15, 0.2) is 30.3 Å². The van der Waals surface area contributed by atoms with Crippen molar-refractivity contribution in [1.29, 1.82) is 0 Å². The van der Waals surface area contributed by atoms with Gasteiger partial charge in [-0.1, -0.05) is 30.3 Å². The Morgan fingerprint density at radius 1 is 1.42 bits per heavy atom. The van der Waals surface area contributed by atoms with Crippen LogP contribution >= 0.6 is 0 Å². The minimum Gasteiger partial charge on any atom is -0.304 e. The molecule has 0 bridgehead atoms. The SMILES string of the molecule is [CH2]C(C=O)NCc1ccccc1. The summed E-state index contributed by atoms with van der Waals surface area (Å²) >= 11 is 0. The van der Waals surface area contributed by atoms with E-state index in [2.05, 4.69) is 12.2 Å². The second kappa shape index (κ2) is 4.67. The third kappa shape index (κ3) is 2.84. The Morgan fingerprint density at radius 3 is 2.67 bits per heavy atom. The average molecular weight is 162 g/mol. The predicted molar refractivity (Wildman–Crippen MR) is 48.5 cm³/mol. The van der Waals surface area contributed by atoms with Gasteiger partial charge in [-0.3, -0.25) is 0 Å². The molecule has 1 radical (unpaired) electrons. The molecule has 0 saturated heterocycles. The molecule has 12 heavy (non-hydrogen) atoms. The quantitative estimate of drug-likeness (QED) is 0.673. The lowest BCUT2D eigenvalue weighted by Crippen LogP contribution is -2.26. The summed E-state index contributed by atoms with van der Waals surface area (Å²) in [4.78, 5) is 10.2. The first kappa shape index (κ1) is 8.94. The smallest absolute Gasteiger partial charge is 0.136 e. The molecule has 1 atom stereocenters. The van der Waals surface area contributed by atoms with E-state index in [1.807, 2.05) is 30.3 Å². The molecule has 1 aromatic carbocycles. The molecule has 0 aliphatic carbocycles. The first-order chi connectivity index (χ1) is 5.83. The van der Waals surface area contributed by atoms with Crippen LogP contribution in [0.4, 0.5) is 0 Å². The molecule has 0 aliphatic rings. The second-order valence-corrected chi connectivity index (χ2v) is 2.61. The molecule has 0 fully saturated rings. The van der Waals surface area contributed by atoms with E-state index in [1.54, 1.807) is 0 Å². The summed E-state index contributed by atoms with van der Waals surface area (Å²) in [7, 11) is 0. The largest absolute Gasteiger partial charge is 0.304 e. The minimum atomic E-state index is -0.315. The van der Waals surface area contributed by atoms with Crippen molar-refractivity contribution < 1.29 is 4.79 Å². The van der Waals surface area contributed by atoms with Crippen molar-refractivity contribution >= 4 is 6.29 Å². The lowest BCUT2D eigenvalue weighted by atomic mass is 10.2. The molecule has 0 heterocycles. The molecule has 1 aromatic rings. The van der Waals surface area contributed by atoms with Crippen LogP contribution in [0.3, 0.4) is 0 Å². The van der Waals surface area contributed by atoms with Gasteiger partial charge < -0.3 is 10.1 Å². The molecule has 2 heteroatoms.